The summed E-state index contributed by atoms with van der Waals surface area (Å²) in [5.74, 6) is -1.01. The van der Waals surface area contributed by atoms with E-state index >= 15 is 0 Å². The van der Waals surface area contributed by atoms with Crippen LogP contribution in [0.3, 0.4) is 0 Å². The average molecular weight is 312 g/mol. The van der Waals surface area contributed by atoms with Crippen molar-refractivity contribution in [2.24, 2.45) is 11.8 Å². The maximum atomic E-state index is 11.0. The molecule has 0 aliphatic heterocycles. The third-order valence-electron chi connectivity index (χ3n) is 3.01. The minimum absolute atomic E-state index is 0.0486. The van der Waals surface area contributed by atoms with E-state index in [1.54, 1.807) is 6.92 Å². The molecule has 0 spiro atoms. The number of hydrogen-bond acceptors (Lipinski definition) is 6. The van der Waals surface area contributed by atoms with Crippen LogP contribution in [0.15, 0.2) is 12.2 Å². The van der Waals surface area contributed by atoms with Gasteiger partial charge in [-0.25, -0.2) is 0 Å². The van der Waals surface area contributed by atoms with E-state index in [0.717, 1.165) is 12.8 Å². The number of esters is 2. The van der Waals surface area contributed by atoms with Gasteiger partial charge in [-0.1, -0.05) is 12.2 Å². The van der Waals surface area contributed by atoms with Crippen LogP contribution in [-0.4, -0.2) is 37.7 Å². The van der Waals surface area contributed by atoms with Crippen LogP contribution in [0.25, 0.3) is 0 Å². The Morgan fingerprint density at radius 2 is 1.55 bits per heavy atom. The van der Waals surface area contributed by atoms with E-state index in [1.165, 1.54) is 0 Å². The molecule has 0 amide bonds. The van der Waals surface area contributed by atoms with E-state index in [-0.39, 0.29) is 31.3 Å². The number of aldehydes is 2. The Balaban J connectivity index is 0.000000406. The molecule has 0 aromatic rings. The van der Waals surface area contributed by atoms with E-state index < -0.39 is 11.9 Å². The monoisotopic (exact) mass is 312 g/mol. The lowest BCUT2D eigenvalue weighted by atomic mass is 10.0. The predicted octanol–water partition coefficient (Wildman–Crippen LogP) is 1.86. The summed E-state index contributed by atoms with van der Waals surface area (Å²) >= 11 is 0. The van der Waals surface area contributed by atoms with E-state index in [2.05, 4.69) is 4.74 Å². The molecular weight excluding hydrogens is 288 g/mol. The fourth-order valence-corrected chi connectivity index (χ4v) is 1.85. The van der Waals surface area contributed by atoms with Crippen molar-refractivity contribution in [3.8, 4) is 0 Å². The molecule has 1 rings (SSSR count). The molecule has 124 valence electrons. The van der Waals surface area contributed by atoms with Crippen molar-refractivity contribution in [3.05, 3.63) is 12.2 Å². The molecule has 0 aromatic heterocycles. The van der Waals surface area contributed by atoms with E-state index in [9.17, 15) is 19.2 Å². The van der Waals surface area contributed by atoms with Crippen molar-refractivity contribution in [2.45, 2.75) is 39.5 Å². The zero-order valence-corrected chi connectivity index (χ0v) is 13.2. The lowest BCUT2D eigenvalue weighted by Gasteiger charge is -2.08. The first-order valence-corrected chi connectivity index (χ1v) is 7.46. The van der Waals surface area contributed by atoms with Crippen molar-refractivity contribution in [3.63, 3.8) is 0 Å². The van der Waals surface area contributed by atoms with Crippen molar-refractivity contribution in [1.82, 2.24) is 0 Å². The van der Waals surface area contributed by atoms with Crippen molar-refractivity contribution >= 4 is 24.5 Å². The van der Waals surface area contributed by atoms with Gasteiger partial charge in [-0.3, -0.25) is 9.59 Å². The Hall–Kier alpha value is -1.98. The Kier molecular flexibility index (Phi) is 11.6. The second-order valence-electron chi connectivity index (χ2n) is 4.65. The first kappa shape index (κ1) is 20.0. The average Bonchev–Trinajstić information content (AvgIpc) is 3.02. The summed E-state index contributed by atoms with van der Waals surface area (Å²) in [5.41, 5.74) is 0. The van der Waals surface area contributed by atoms with Gasteiger partial charge < -0.3 is 19.1 Å². The van der Waals surface area contributed by atoms with Crippen LogP contribution >= 0.6 is 0 Å². The quantitative estimate of drug-likeness (QED) is 0.386. The van der Waals surface area contributed by atoms with Crippen LogP contribution in [0.2, 0.25) is 0 Å². The SMILES string of the molecule is CCOC(=O)C(CC=O)CC=O.CCOC(=O)C1CC=CC1. The van der Waals surface area contributed by atoms with Gasteiger partial charge in [0.05, 0.1) is 25.0 Å². The summed E-state index contributed by atoms with van der Waals surface area (Å²) in [6.07, 6.45) is 7.12. The van der Waals surface area contributed by atoms with E-state index in [0.29, 0.717) is 19.2 Å². The molecule has 0 aromatic carbocycles. The summed E-state index contributed by atoms with van der Waals surface area (Å²) in [6.45, 7) is 4.28. The fraction of sp³-hybridized carbons (Fsp3) is 0.625. The molecule has 0 saturated carbocycles. The second-order valence-corrected chi connectivity index (χ2v) is 4.65. The van der Waals surface area contributed by atoms with Gasteiger partial charge in [0.2, 0.25) is 0 Å². The summed E-state index contributed by atoms with van der Waals surface area (Å²) in [7, 11) is 0. The highest BCUT2D eigenvalue weighted by atomic mass is 16.5. The highest BCUT2D eigenvalue weighted by molar-refractivity contribution is 5.78. The highest BCUT2D eigenvalue weighted by Gasteiger charge is 2.19. The zero-order chi connectivity index (χ0) is 16.8. The van der Waals surface area contributed by atoms with Crippen LogP contribution in [-0.2, 0) is 28.7 Å². The Labute approximate surface area is 130 Å². The number of carbonyl (C=O) groups is 4. The lowest BCUT2D eigenvalue weighted by molar-refractivity contribution is -0.149. The minimum Gasteiger partial charge on any atom is -0.466 e. The number of rotatable bonds is 8. The Bertz CT molecular complexity index is 370. The maximum Gasteiger partial charge on any atom is 0.309 e. The molecule has 0 unspecified atom stereocenters. The number of hydrogen-bond donors (Lipinski definition) is 0. The van der Waals surface area contributed by atoms with Crippen molar-refractivity contribution in [1.29, 1.82) is 0 Å². The molecular formula is C16H24O6. The predicted molar refractivity (Wildman–Crippen MR) is 80.0 cm³/mol. The third kappa shape index (κ3) is 8.34. The number of carbonyl (C=O) groups excluding carboxylic acids is 4. The first-order valence-electron chi connectivity index (χ1n) is 7.46. The first-order chi connectivity index (χ1) is 10.6. The zero-order valence-electron chi connectivity index (χ0n) is 13.2. The summed E-state index contributed by atoms with van der Waals surface area (Å²) in [6, 6.07) is 0. The van der Waals surface area contributed by atoms with Gasteiger partial charge in [0, 0.05) is 12.8 Å². The highest BCUT2D eigenvalue weighted by Crippen LogP contribution is 2.18. The minimum atomic E-state index is -0.597. The van der Waals surface area contributed by atoms with E-state index in [4.69, 9.17) is 4.74 Å². The molecule has 0 saturated heterocycles. The molecule has 0 bridgehead atoms. The number of allylic oxidation sites excluding steroid dienone is 2. The van der Waals surface area contributed by atoms with Gasteiger partial charge in [0.25, 0.3) is 0 Å². The molecule has 6 heteroatoms. The molecule has 0 radical (unpaired) electrons. The molecule has 22 heavy (non-hydrogen) atoms. The molecule has 6 nitrogen and oxygen atoms in total. The molecule has 0 heterocycles. The van der Waals surface area contributed by atoms with Gasteiger partial charge >= 0.3 is 11.9 Å². The van der Waals surface area contributed by atoms with Crippen LogP contribution in [0.5, 0.6) is 0 Å². The Morgan fingerprint density at radius 3 is 1.95 bits per heavy atom. The van der Waals surface area contributed by atoms with Crippen molar-refractivity contribution < 1.29 is 28.7 Å². The second kappa shape index (κ2) is 12.7. The molecule has 0 fully saturated rings. The maximum absolute atomic E-state index is 11.0. The van der Waals surface area contributed by atoms with Crippen molar-refractivity contribution in [2.75, 3.05) is 13.2 Å². The summed E-state index contributed by atoms with van der Waals surface area (Å²) in [4.78, 5) is 42.1. The topological polar surface area (TPSA) is 86.7 Å². The van der Waals surface area contributed by atoms with Crippen LogP contribution in [0, 0.1) is 11.8 Å². The number of ether oxygens (including phenoxy) is 2. The fourth-order valence-electron chi connectivity index (χ4n) is 1.85. The van der Waals surface area contributed by atoms with Gasteiger partial charge in [0.15, 0.2) is 0 Å². The Morgan fingerprint density at radius 1 is 1.05 bits per heavy atom. The molecule has 0 atom stereocenters. The van der Waals surface area contributed by atoms with Gasteiger partial charge in [0.1, 0.15) is 12.6 Å². The smallest absolute Gasteiger partial charge is 0.309 e. The molecule has 0 N–H and O–H groups in total. The van der Waals surface area contributed by atoms with Gasteiger partial charge in [-0.15, -0.1) is 0 Å². The van der Waals surface area contributed by atoms with Crippen LogP contribution in [0.1, 0.15) is 39.5 Å². The van der Waals surface area contributed by atoms with Crippen LogP contribution in [0.4, 0.5) is 0 Å². The molecule has 1 aliphatic rings. The van der Waals surface area contributed by atoms with Gasteiger partial charge in [-0.2, -0.15) is 0 Å². The molecule has 1 aliphatic carbocycles. The normalized spacial score (nSPS) is 13.2. The van der Waals surface area contributed by atoms with Crippen LogP contribution < -0.4 is 0 Å². The lowest BCUT2D eigenvalue weighted by Crippen LogP contribution is -2.18. The summed E-state index contributed by atoms with van der Waals surface area (Å²) in [5, 5.41) is 0. The summed E-state index contributed by atoms with van der Waals surface area (Å²) < 4.78 is 9.50. The van der Waals surface area contributed by atoms with E-state index in [1.807, 2.05) is 19.1 Å². The largest absolute Gasteiger partial charge is 0.466 e. The third-order valence-corrected chi connectivity index (χ3v) is 3.01. The van der Waals surface area contributed by atoms with Gasteiger partial charge in [-0.05, 0) is 26.7 Å². The standard InChI is InChI=1S/C8H12O4.C8H12O2/c1-2-12-8(11)7(3-5-9)4-6-10;1-2-10-8(9)7-5-3-4-6-7/h5-7H,2-4H2,1H3;3-4,7H,2,5-6H2,1H3.